The van der Waals surface area contributed by atoms with Crippen molar-refractivity contribution in [3.05, 3.63) is 29.8 Å². The topological polar surface area (TPSA) is 43.4 Å². The number of hydrogen-bond donors (Lipinski definition) is 0. The van der Waals surface area contributed by atoms with Gasteiger partial charge in [-0.25, -0.2) is 8.42 Å². The number of rotatable bonds is 3. The lowest BCUT2D eigenvalue weighted by Gasteiger charge is -2.09. The molecule has 1 aromatic rings. The van der Waals surface area contributed by atoms with Crippen LogP contribution in [0, 0.1) is 0 Å². The van der Waals surface area contributed by atoms with Crippen molar-refractivity contribution in [1.82, 2.24) is 0 Å². The SMILES string of the molecule is CS(=O)(=O)Cc1cccc(OC(F)(F)F)c1. The molecule has 16 heavy (non-hydrogen) atoms. The molecule has 1 rings (SSSR count). The number of alkyl halides is 3. The summed E-state index contributed by atoms with van der Waals surface area (Å²) in [6.07, 6.45) is -3.77. The van der Waals surface area contributed by atoms with Gasteiger partial charge in [0.25, 0.3) is 0 Å². The lowest BCUT2D eigenvalue weighted by molar-refractivity contribution is -0.274. The van der Waals surface area contributed by atoms with Crippen molar-refractivity contribution in [2.75, 3.05) is 6.26 Å². The van der Waals surface area contributed by atoms with E-state index in [4.69, 9.17) is 0 Å². The fourth-order valence-electron chi connectivity index (χ4n) is 1.14. The third-order valence-corrected chi connectivity index (χ3v) is 2.42. The number of halogens is 3. The lowest BCUT2D eigenvalue weighted by Crippen LogP contribution is -2.17. The first-order valence-electron chi connectivity index (χ1n) is 4.18. The fourth-order valence-corrected chi connectivity index (χ4v) is 1.92. The van der Waals surface area contributed by atoms with Gasteiger partial charge < -0.3 is 4.74 Å². The van der Waals surface area contributed by atoms with Gasteiger partial charge in [-0.05, 0) is 17.7 Å². The first-order chi connectivity index (χ1) is 7.16. The Morgan fingerprint density at radius 2 is 1.94 bits per heavy atom. The van der Waals surface area contributed by atoms with E-state index in [2.05, 4.69) is 4.74 Å². The molecule has 1 aromatic carbocycles. The predicted molar refractivity (Wildman–Crippen MR) is 51.7 cm³/mol. The standard InChI is InChI=1S/C9H9F3O3S/c1-16(13,14)6-7-3-2-4-8(5-7)15-9(10,11)12/h2-5H,6H2,1H3. The van der Waals surface area contributed by atoms with Gasteiger partial charge in [0.1, 0.15) is 5.75 Å². The Bertz CT molecular complexity index is 465. The van der Waals surface area contributed by atoms with Crippen molar-refractivity contribution in [2.45, 2.75) is 12.1 Å². The van der Waals surface area contributed by atoms with Crippen molar-refractivity contribution < 1.29 is 26.3 Å². The molecule has 7 heteroatoms. The summed E-state index contributed by atoms with van der Waals surface area (Å²) >= 11 is 0. The van der Waals surface area contributed by atoms with Crippen LogP contribution in [0.4, 0.5) is 13.2 Å². The minimum absolute atomic E-state index is 0.254. The second kappa shape index (κ2) is 4.32. The van der Waals surface area contributed by atoms with Crippen LogP contribution >= 0.6 is 0 Å². The lowest BCUT2D eigenvalue weighted by atomic mass is 10.2. The molecule has 0 amide bonds. The summed E-state index contributed by atoms with van der Waals surface area (Å²) in [5, 5.41) is 0. The summed E-state index contributed by atoms with van der Waals surface area (Å²) in [5.74, 6) is -0.740. The van der Waals surface area contributed by atoms with Gasteiger partial charge in [0.05, 0.1) is 5.75 Å². The first kappa shape index (κ1) is 12.8. The molecule has 0 N–H and O–H groups in total. The van der Waals surface area contributed by atoms with Gasteiger partial charge in [0.2, 0.25) is 0 Å². The second-order valence-corrected chi connectivity index (χ2v) is 5.41. The minimum atomic E-state index is -4.77. The van der Waals surface area contributed by atoms with Crippen LogP contribution in [0.15, 0.2) is 24.3 Å². The zero-order chi connectivity index (χ0) is 12.4. The number of hydrogen-bond acceptors (Lipinski definition) is 3. The largest absolute Gasteiger partial charge is 0.573 e. The molecule has 0 aliphatic heterocycles. The van der Waals surface area contributed by atoms with E-state index in [1.807, 2.05) is 0 Å². The molecule has 0 saturated heterocycles. The summed E-state index contributed by atoms with van der Waals surface area (Å²) in [4.78, 5) is 0. The summed E-state index contributed by atoms with van der Waals surface area (Å²) in [5.41, 5.74) is 0.254. The Hall–Kier alpha value is -1.24. The normalized spacial score (nSPS) is 12.5. The molecular weight excluding hydrogens is 245 g/mol. The van der Waals surface area contributed by atoms with E-state index in [0.29, 0.717) is 0 Å². The Labute approximate surface area is 90.8 Å². The van der Waals surface area contributed by atoms with E-state index in [9.17, 15) is 21.6 Å². The third kappa shape index (κ3) is 5.01. The Morgan fingerprint density at radius 1 is 1.31 bits per heavy atom. The highest BCUT2D eigenvalue weighted by Crippen LogP contribution is 2.23. The van der Waals surface area contributed by atoms with E-state index in [1.165, 1.54) is 12.1 Å². The highest BCUT2D eigenvalue weighted by atomic mass is 32.2. The Kier molecular flexibility index (Phi) is 3.47. The van der Waals surface area contributed by atoms with Crippen LogP contribution in [-0.2, 0) is 15.6 Å². The molecule has 0 unspecified atom stereocenters. The number of benzene rings is 1. The second-order valence-electron chi connectivity index (χ2n) is 3.27. The van der Waals surface area contributed by atoms with E-state index in [-0.39, 0.29) is 11.3 Å². The van der Waals surface area contributed by atoms with E-state index >= 15 is 0 Å². The van der Waals surface area contributed by atoms with Crippen molar-refractivity contribution in [2.24, 2.45) is 0 Å². The van der Waals surface area contributed by atoms with E-state index in [0.717, 1.165) is 18.4 Å². The van der Waals surface area contributed by atoms with Crippen LogP contribution < -0.4 is 4.74 Å². The zero-order valence-corrected chi connectivity index (χ0v) is 9.10. The van der Waals surface area contributed by atoms with Gasteiger partial charge in [-0.3, -0.25) is 0 Å². The molecule has 90 valence electrons. The Balaban J connectivity index is 2.88. The molecule has 0 fully saturated rings. The van der Waals surface area contributed by atoms with Crippen molar-refractivity contribution in [3.8, 4) is 5.75 Å². The van der Waals surface area contributed by atoms with Crippen LogP contribution in [0.25, 0.3) is 0 Å². The smallest absolute Gasteiger partial charge is 0.406 e. The molecule has 3 nitrogen and oxygen atoms in total. The molecule has 0 aliphatic carbocycles. The van der Waals surface area contributed by atoms with Gasteiger partial charge in [-0.15, -0.1) is 13.2 Å². The molecule has 0 saturated carbocycles. The van der Waals surface area contributed by atoms with Crippen molar-refractivity contribution in [3.63, 3.8) is 0 Å². The maximum atomic E-state index is 11.9. The Morgan fingerprint density at radius 3 is 2.44 bits per heavy atom. The first-order valence-corrected chi connectivity index (χ1v) is 6.24. The molecule has 0 atom stereocenters. The maximum absolute atomic E-state index is 11.9. The number of ether oxygens (including phenoxy) is 1. The van der Waals surface area contributed by atoms with Gasteiger partial charge in [0, 0.05) is 6.26 Å². The van der Waals surface area contributed by atoms with Crippen LogP contribution in [0.2, 0.25) is 0 Å². The van der Waals surface area contributed by atoms with Crippen molar-refractivity contribution in [1.29, 1.82) is 0 Å². The number of sulfone groups is 1. The highest BCUT2D eigenvalue weighted by molar-refractivity contribution is 7.89. The molecule has 0 aromatic heterocycles. The predicted octanol–water partition coefficient (Wildman–Crippen LogP) is 2.13. The van der Waals surface area contributed by atoms with Gasteiger partial charge in [-0.2, -0.15) is 0 Å². The molecular formula is C9H9F3O3S. The third-order valence-electron chi connectivity index (χ3n) is 1.56. The molecule has 0 spiro atoms. The zero-order valence-electron chi connectivity index (χ0n) is 8.28. The van der Waals surface area contributed by atoms with E-state index < -0.39 is 21.9 Å². The summed E-state index contributed by atoms with van der Waals surface area (Å²) in [6, 6.07) is 4.89. The quantitative estimate of drug-likeness (QED) is 0.829. The van der Waals surface area contributed by atoms with Crippen molar-refractivity contribution >= 4 is 9.84 Å². The van der Waals surface area contributed by atoms with E-state index in [1.54, 1.807) is 0 Å². The summed E-state index contributed by atoms with van der Waals surface area (Å²) in [6.45, 7) is 0. The average molecular weight is 254 g/mol. The fraction of sp³-hybridized carbons (Fsp3) is 0.333. The minimum Gasteiger partial charge on any atom is -0.406 e. The average Bonchev–Trinajstić information content (AvgIpc) is 1.96. The van der Waals surface area contributed by atoms with Gasteiger partial charge >= 0.3 is 6.36 Å². The molecule has 0 aliphatic rings. The summed E-state index contributed by atoms with van der Waals surface area (Å²) < 4.78 is 61.1. The molecule has 0 bridgehead atoms. The molecule has 0 heterocycles. The van der Waals surface area contributed by atoms with Crippen LogP contribution in [0.3, 0.4) is 0 Å². The monoisotopic (exact) mass is 254 g/mol. The van der Waals surface area contributed by atoms with Gasteiger partial charge in [-0.1, -0.05) is 12.1 Å². The molecule has 0 radical (unpaired) electrons. The van der Waals surface area contributed by atoms with Gasteiger partial charge in [0.15, 0.2) is 9.84 Å². The highest BCUT2D eigenvalue weighted by Gasteiger charge is 2.31. The van der Waals surface area contributed by atoms with Crippen LogP contribution in [-0.4, -0.2) is 21.0 Å². The van der Waals surface area contributed by atoms with Crippen LogP contribution in [0.5, 0.6) is 5.75 Å². The maximum Gasteiger partial charge on any atom is 0.573 e. The van der Waals surface area contributed by atoms with Crippen LogP contribution in [0.1, 0.15) is 5.56 Å². The summed E-state index contributed by atoms with van der Waals surface area (Å²) in [7, 11) is -3.27.